The molecule has 0 amide bonds. The Labute approximate surface area is 161 Å². The van der Waals surface area contributed by atoms with Gasteiger partial charge in [-0.3, -0.25) is 0 Å². The van der Waals surface area contributed by atoms with E-state index in [9.17, 15) is 0 Å². The third-order valence-electron chi connectivity index (χ3n) is 4.78. The van der Waals surface area contributed by atoms with Gasteiger partial charge >= 0.3 is 0 Å². The summed E-state index contributed by atoms with van der Waals surface area (Å²) in [5, 5.41) is 4.75. The minimum Gasteiger partial charge on any atom is -0.493 e. The lowest BCUT2D eigenvalue weighted by atomic mass is 9.89. The first-order valence-corrected chi connectivity index (χ1v) is 9.37. The van der Waals surface area contributed by atoms with Gasteiger partial charge in [0, 0.05) is 5.56 Å². The Morgan fingerprint density at radius 2 is 1.22 bits per heavy atom. The topological polar surface area (TPSA) is 18.5 Å². The maximum atomic E-state index is 5.81. The summed E-state index contributed by atoms with van der Waals surface area (Å²) in [6, 6.07) is 23.2. The van der Waals surface area contributed by atoms with E-state index in [1.54, 1.807) is 14.2 Å². The van der Waals surface area contributed by atoms with Crippen molar-refractivity contribution in [3.05, 3.63) is 72.3 Å². The largest absolute Gasteiger partial charge is 0.493 e. The molecule has 0 spiro atoms. The molecular formula is C25H26O2. The Morgan fingerprint density at radius 3 is 1.85 bits per heavy atom. The van der Waals surface area contributed by atoms with Crippen molar-refractivity contribution in [2.75, 3.05) is 14.2 Å². The number of ether oxygens (including phenoxy) is 2. The van der Waals surface area contributed by atoms with Crippen molar-refractivity contribution in [1.29, 1.82) is 0 Å². The first-order valence-electron chi connectivity index (χ1n) is 9.37. The van der Waals surface area contributed by atoms with Gasteiger partial charge in [-0.25, -0.2) is 0 Å². The third kappa shape index (κ3) is 3.23. The van der Waals surface area contributed by atoms with Crippen molar-refractivity contribution in [3.8, 4) is 22.6 Å². The fourth-order valence-corrected chi connectivity index (χ4v) is 3.62. The summed E-state index contributed by atoms with van der Waals surface area (Å²) in [7, 11) is 3.39. The molecule has 0 saturated carbocycles. The van der Waals surface area contributed by atoms with Crippen LogP contribution in [0.15, 0.2) is 66.7 Å². The van der Waals surface area contributed by atoms with Crippen LogP contribution in [-0.2, 0) is 0 Å². The summed E-state index contributed by atoms with van der Waals surface area (Å²) in [6.07, 6.45) is 0. The quantitative estimate of drug-likeness (QED) is 0.392. The Morgan fingerprint density at radius 1 is 0.630 bits per heavy atom. The predicted molar refractivity (Wildman–Crippen MR) is 116 cm³/mol. The van der Waals surface area contributed by atoms with Gasteiger partial charge in [0.1, 0.15) is 0 Å². The van der Waals surface area contributed by atoms with Crippen molar-refractivity contribution in [1.82, 2.24) is 0 Å². The average molecular weight is 358 g/mol. The van der Waals surface area contributed by atoms with E-state index in [1.807, 2.05) is 26.0 Å². The van der Waals surface area contributed by atoms with E-state index in [4.69, 9.17) is 9.47 Å². The van der Waals surface area contributed by atoms with E-state index in [0.717, 1.165) is 22.4 Å². The molecule has 0 atom stereocenters. The van der Waals surface area contributed by atoms with E-state index < -0.39 is 0 Å². The monoisotopic (exact) mass is 358 g/mol. The van der Waals surface area contributed by atoms with E-state index in [2.05, 4.69) is 61.5 Å². The summed E-state index contributed by atoms with van der Waals surface area (Å²) in [4.78, 5) is 0. The molecule has 27 heavy (non-hydrogen) atoms. The normalized spacial score (nSPS) is 10.4. The smallest absolute Gasteiger partial charge is 0.169 e. The van der Waals surface area contributed by atoms with E-state index in [-0.39, 0.29) is 0 Å². The molecule has 0 unspecified atom stereocenters. The molecule has 0 N–H and O–H groups in total. The summed E-state index contributed by atoms with van der Waals surface area (Å²) >= 11 is 0. The maximum absolute atomic E-state index is 5.81. The second-order valence-electron chi connectivity index (χ2n) is 6.19. The van der Waals surface area contributed by atoms with Crippen LogP contribution < -0.4 is 9.47 Å². The summed E-state index contributed by atoms with van der Waals surface area (Å²) in [5.74, 6) is 1.53. The van der Waals surface area contributed by atoms with E-state index in [1.165, 1.54) is 27.3 Å². The standard InChI is InChI=1S/C23H20O2.C2H6/c1-15-12-13-16-8-4-6-10-18(16)21(15)22-19-11-7-5-9-17(19)14-20(24-2)23(22)25-3;1-2/h4-14H,1-3H3;1-2H3. The number of fused-ring (bicyclic) bond motifs is 2. The summed E-state index contributed by atoms with van der Waals surface area (Å²) in [6.45, 7) is 6.15. The van der Waals surface area contributed by atoms with Gasteiger partial charge in [-0.05, 0) is 45.7 Å². The molecule has 2 heteroatoms. The van der Waals surface area contributed by atoms with Crippen LogP contribution in [0.4, 0.5) is 0 Å². The van der Waals surface area contributed by atoms with Gasteiger partial charge in [0.25, 0.3) is 0 Å². The van der Waals surface area contributed by atoms with Crippen LogP contribution >= 0.6 is 0 Å². The molecule has 0 aliphatic rings. The van der Waals surface area contributed by atoms with Gasteiger partial charge in [0.15, 0.2) is 11.5 Å². The molecular weight excluding hydrogens is 332 g/mol. The number of methoxy groups -OCH3 is 2. The first-order chi connectivity index (χ1) is 13.2. The molecule has 0 aromatic heterocycles. The van der Waals surface area contributed by atoms with Gasteiger partial charge in [-0.2, -0.15) is 0 Å². The number of hydrogen-bond acceptors (Lipinski definition) is 2. The molecule has 0 saturated heterocycles. The number of hydrogen-bond donors (Lipinski definition) is 0. The van der Waals surface area contributed by atoms with E-state index in [0.29, 0.717) is 0 Å². The molecule has 0 aliphatic carbocycles. The second kappa shape index (κ2) is 8.13. The van der Waals surface area contributed by atoms with Crippen LogP contribution in [0.1, 0.15) is 19.4 Å². The highest BCUT2D eigenvalue weighted by atomic mass is 16.5. The zero-order valence-corrected chi connectivity index (χ0v) is 16.7. The third-order valence-corrected chi connectivity index (χ3v) is 4.78. The van der Waals surface area contributed by atoms with Gasteiger partial charge < -0.3 is 9.47 Å². The lowest BCUT2D eigenvalue weighted by molar-refractivity contribution is 0.357. The zero-order chi connectivity index (χ0) is 19.4. The van der Waals surface area contributed by atoms with Crippen LogP contribution in [0.25, 0.3) is 32.7 Å². The Balaban J connectivity index is 0.00000102. The lowest BCUT2D eigenvalue weighted by Gasteiger charge is -2.19. The van der Waals surface area contributed by atoms with Crippen LogP contribution in [0, 0.1) is 6.92 Å². The van der Waals surface area contributed by atoms with Crippen molar-refractivity contribution < 1.29 is 9.47 Å². The fraction of sp³-hybridized carbons (Fsp3) is 0.200. The Bertz CT molecular complexity index is 1080. The SMILES string of the molecule is CC.COc1cc2ccccc2c(-c2c(C)ccc3ccccc23)c1OC. The van der Waals surface area contributed by atoms with E-state index >= 15 is 0 Å². The van der Waals surface area contributed by atoms with Crippen LogP contribution in [0.5, 0.6) is 11.5 Å². The van der Waals surface area contributed by atoms with Gasteiger partial charge in [-0.1, -0.05) is 74.5 Å². The molecule has 4 aromatic rings. The first kappa shape index (κ1) is 18.8. The minimum absolute atomic E-state index is 0.753. The lowest BCUT2D eigenvalue weighted by Crippen LogP contribution is -1.97. The molecule has 0 heterocycles. The summed E-state index contributed by atoms with van der Waals surface area (Å²) < 4.78 is 11.4. The van der Waals surface area contributed by atoms with Crippen molar-refractivity contribution in [3.63, 3.8) is 0 Å². The molecule has 2 nitrogen and oxygen atoms in total. The van der Waals surface area contributed by atoms with Crippen LogP contribution in [-0.4, -0.2) is 14.2 Å². The molecule has 0 bridgehead atoms. The molecule has 0 radical (unpaired) electrons. The van der Waals surface area contributed by atoms with Crippen molar-refractivity contribution >= 4 is 21.5 Å². The highest BCUT2D eigenvalue weighted by Crippen LogP contribution is 2.46. The summed E-state index contributed by atoms with van der Waals surface area (Å²) in [5.41, 5.74) is 3.51. The highest BCUT2D eigenvalue weighted by molar-refractivity contribution is 6.09. The molecule has 0 fully saturated rings. The van der Waals surface area contributed by atoms with Gasteiger partial charge in [0.05, 0.1) is 14.2 Å². The van der Waals surface area contributed by atoms with Crippen molar-refractivity contribution in [2.24, 2.45) is 0 Å². The van der Waals surface area contributed by atoms with Crippen LogP contribution in [0.3, 0.4) is 0 Å². The fourth-order valence-electron chi connectivity index (χ4n) is 3.62. The molecule has 0 aliphatic heterocycles. The highest BCUT2D eigenvalue weighted by Gasteiger charge is 2.19. The second-order valence-corrected chi connectivity index (χ2v) is 6.19. The minimum atomic E-state index is 0.753. The predicted octanol–water partition coefficient (Wildman–Crippen LogP) is 7.01. The Hall–Kier alpha value is -3.00. The molecule has 4 rings (SSSR count). The Kier molecular flexibility index (Phi) is 5.66. The maximum Gasteiger partial charge on any atom is 0.169 e. The molecule has 138 valence electrons. The average Bonchev–Trinajstić information content (AvgIpc) is 2.74. The van der Waals surface area contributed by atoms with Gasteiger partial charge in [0.2, 0.25) is 0 Å². The number of aryl methyl sites for hydroxylation is 1. The zero-order valence-electron chi connectivity index (χ0n) is 16.7. The number of benzene rings is 4. The van der Waals surface area contributed by atoms with Crippen LogP contribution in [0.2, 0.25) is 0 Å². The van der Waals surface area contributed by atoms with Gasteiger partial charge in [-0.15, -0.1) is 0 Å². The van der Waals surface area contributed by atoms with Crippen molar-refractivity contribution in [2.45, 2.75) is 20.8 Å². The number of rotatable bonds is 3. The molecule has 4 aromatic carbocycles.